The summed E-state index contributed by atoms with van der Waals surface area (Å²) < 4.78 is 13.5. The van der Waals surface area contributed by atoms with Gasteiger partial charge in [-0.05, 0) is 49.7 Å². The van der Waals surface area contributed by atoms with Crippen LogP contribution in [0.2, 0.25) is 0 Å². The number of halogens is 1. The van der Waals surface area contributed by atoms with E-state index >= 15 is 0 Å². The first-order valence-electron chi connectivity index (χ1n) is 6.36. The summed E-state index contributed by atoms with van der Waals surface area (Å²) in [6, 6.07) is 4.53. The molecule has 0 aromatic heterocycles. The Labute approximate surface area is 104 Å². The molecule has 0 atom stereocenters. The van der Waals surface area contributed by atoms with E-state index in [-0.39, 0.29) is 6.04 Å². The molecule has 1 N–H and O–H groups in total. The van der Waals surface area contributed by atoms with Crippen LogP contribution < -0.4 is 5.32 Å². The Morgan fingerprint density at radius 3 is 2.39 bits per heavy atom. The van der Waals surface area contributed by atoms with Crippen LogP contribution in [0.25, 0.3) is 0 Å². The summed E-state index contributed by atoms with van der Waals surface area (Å²) in [6.07, 6.45) is 4.71. The molecule has 96 valence electrons. The largest absolute Gasteiger partial charge is 0.376 e. The first kappa shape index (κ1) is 11.4. The Hall–Kier alpha value is -1.65. The maximum Gasteiger partial charge on any atom is 0.327 e. The van der Waals surface area contributed by atoms with Crippen LogP contribution in [0.5, 0.6) is 0 Å². The van der Waals surface area contributed by atoms with E-state index in [2.05, 4.69) is 5.32 Å². The maximum absolute atomic E-state index is 13.5. The van der Waals surface area contributed by atoms with Crippen LogP contribution in [-0.4, -0.2) is 11.0 Å². The van der Waals surface area contributed by atoms with Gasteiger partial charge in [0.2, 0.25) is 5.82 Å². The summed E-state index contributed by atoms with van der Waals surface area (Å²) in [7, 11) is 0. The minimum Gasteiger partial charge on any atom is -0.376 e. The topological polar surface area (TPSA) is 55.2 Å². The van der Waals surface area contributed by atoms with Crippen molar-refractivity contribution in [3.05, 3.63) is 34.1 Å². The number of hydrogen-bond acceptors (Lipinski definition) is 3. The number of nitrogens with one attached hydrogen (secondary N) is 1. The molecule has 4 nitrogen and oxygen atoms in total. The van der Waals surface area contributed by atoms with Gasteiger partial charge < -0.3 is 5.32 Å². The highest BCUT2D eigenvalue weighted by Crippen LogP contribution is 2.46. The van der Waals surface area contributed by atoms with Gasteiger partial charge in [-0.1, -0.05) is 6.07 Å². The predicted octanol–water partition coefficient (Wildman–Crippen LogP) is 3.33. The van der Waals surface area contributed by atoms with Gasteiger partial charge in [-0.25, -0.2) is 0 Å². The number of hydrogen-bond donors (Lipinski definition) is 1. The predicted molar refractivity (Wildman–Crippen MR) is 65.9 cm³/mol. The van der Waals surface area contributed by atoms with Crippen molar-refractivity contribution >= 4 is 11.4 Å². The Morgan fingerprint density at radius 2 is 1.89 bits per heavy atom. The van der Waals surface area contributed by atoms with Gasteiger partial charge in [0, 0.05) is 6.04 Å². The van der Waals surface area contributed by atoms with Crippen LogP contribution in [0, 0.1) is 27.8 Å². The van der Waals surface area contributed by atoms with Crippen molar-refractivity contribution < 1.29 is 9.31 Å². The molecule has 0 heterocycles. The van der Waals surface area contributed by atoms with Gasteiger partial charge in [-0.15, -0.1) is 0 Å². The highest BCUT2D eigenvalue weighted by atomic mass is 19.1. The second-order valence-corrected chi connectivity index (χ2v) is 5.24. The second-order valence-electron chi connectivity index (χ2n) is 5.24. The summed E-state index contributed by atoms with van der Waals surface area (Å²) >= 11 is 0. The van der Waals surface area contributed by atoms with E-state index in [1.165, 1.54) is 31.7 Å². The van der Waals surface area contributed by atoms with E-state index in [0.29, 0.717) is 17.5 Å². The summed E-state index contributed by atoms with van der Waals surface area (Å²) in [6.45, 7) is 0. The highest BCUT2D eigenvalue weighted by molar-refractivity contribution is 5.62. The van der Waals surface area contributed by atoms with E-state index in [9.17, 15) is 14.5 Å². The molecule has 0 saturated heterocycles. The molecule has 0 unspecified atom stereocenters. The SMILES string of the molecule is O=[N+]([O-])c1c(F)cccc1NC(C1CC1)C1CC1. The number of nitrogens with zero attached hydrogens (tertiary/aromatic N) is 1. The van der Waals surface area contributed by atoms with E-state index < -0.39 is 16.4 Å². The minimum atomic E-state index is -0.768. The van der Waals surface area contributed by atoms with Gasteiger partial charge in [0.05, 0.1) is 4.92 Å². The van der Waals surface area contributed by atoms with Crippen LogP contribution in [0.15, 0.2) is 18.2 Å². The molecule has 2 saturated carbocycles. The van der Waals surface area contributed by atoms with Crippen molar-refractivity contribution in [3.8, 4) is 0 Å². The monoisotopic (exact) mass is 250 g/mol. The molecule has 3 rings (SSSR count). The van der Waals surface area contributed by atoms with E-state index in [0.717, 1.165) is 6.07 Å². The third kappa shape index (κ3) is 2.17. The van der Waals surface area contributed by atoms with Gasteiger partial charge in [-0.2, -0.15) is 4.39 Å². The summed E-state index contributed by atoms with van der Waals surface area (Å²) in [4.78, 5) is 10.3. The third-order valence-corrected chi connectivity index (χ3v) is 3.75. The number of para-hydroxylation sites is 1. The second kappa shape index (κ2) is 4.23. The van der Waals surface area contributed by atoms with Crippen LogP contribution in [0.3, 0.4) is 0 Å². The molecule has 1 aromatic rings. The number of nitro benzene ring substituents is 1. The van der Waals surface area contributed by atoms with Crippen molar-refractivity contribution in [2.45, 2.75) is 31.7 Å². The molecule has 2 aliphatic carbocycles. The Kier molecular flexibility index (Phi) is 2.69. The number of benzene rings is 1. The zero-order valence-electron chi connectivity index (χ0n) is 9.93. The fourth-order valence-electron chi connectivity index (χ4n) is 2.53. The molecule has 2 aliphatic rings. The van der Waals surface area contributed by atoms with E-state index in [4.69, 9.17) is 0 Å². The van der Waals surface area contributed by atoms with E-state index in [1.54, 1.807) is 6.07 Å². The number of rotatable bonds is 5. The lowest BCUT2D eigenvalue weighted by Gasteiger charge is -2.18. The summed E-state index contributed by atoms with van der Waals surface area (Å²) in [5.74, 6) is 0.455. The van der Waals surface area contributed by atoms with Crippen LogP contribution in [0.4, 0.5) is 15.8 Å². The maximum atomic E-state index is 13.5. The quantitative estimate of drug-likeness (QED) is 0.644. The molecular weight excluding hydrogens is 235 g/mol. The van der Waals surface area contributed by atoms with E-state index in [1.807, 2.05) is 0 Å². The van der Waals surface area contributed by atoms with Crippen molar-refractivity contribution in [1.29, 1.82) is 0 Å². The summed E-state index contributed by atoms with van der Waals surface area (Å²) in [5.41, 5.74) is -0.104. The van der Waals surface area contributed by atoms with Gasteiger partial charge >= 0.3 is 5.69 Å². The average Bonchev–Trinajstić information content (AvgIpc) is 3.17. The minimum absolute atomic E-state index is 0.283. The van der Waals surface area contributed by atoms with Gasteiger partial charge in [-0.3, -0.25) is 10.1 Å². The molecule has 1 aromatic carbocycles. The molecular formula is C13H15FN2O2. The fourth-order valence-corrected chi connectivity index (χ4v) is 2.53. The Balaban J connectivity index is 1.86. The molecule has 18 heavy (non-hydrogen) atoms. The molecule has 5 heteroatoms. The van der Waals surface area contributed by atoms with Crippen molar-refractivity contribution in [3.63, 3.8) is 0 Å². The third-order valence-electron chi connectivity index (χ3n) is 3.75. The Morgan fingerprint density at radius 1 is 1.28 bits per heavy atom. The summed E-state index contributed by atoms with van der Waals surface area (Å²) in [5, 5.41) is 14.1. The number of nitro groups is 1. The van der Waals surface area contributed by atoms with Crippen LogP contribution in [0.1, 0.15) is 25.7 Å². The smallest absolute Gasteiger partial charge is 0.327 e. The molecule has 2 fully saturated rings. The normalized spacial score (nSPS) is 19.0. The lowest BCUT2D eigenvalue weighted by atomic mass is 10.1. The van der Waals surface area contributed by atoms with Crippen molar-refractivity contribution in [2.75, 3.05) is 5.32 Å². The Bertz CT molecular complexity index is 472. The molecule has 0 aliphatic heterocycles. The van der Waals surface area contributed by atoms with Crippen LogP contribution in [-0.2, 0) is 0 Å². The lowest BCUT2D eigenvalue weighted by Crippen LogP contribution is -2.24. The lowest BCUT2D eigenvalue weighted by molar-refractivity contribution is -0.386. The average molecular weight is 250 g/mol. The molecule has 0 spiro atoms. The van der Waals surface area contributed by atoms with Crippen LogP contribution >= 0.6 is 0 Å². The fraction of sp³-hybridized carbons (Fsp3) is 0.538. The highest BCUT2D eigenvalue weighted by Gasteiger charge is 2.42. The first-order chi connectivity index (χ1) is 8.66. The molecule has 0 radical (unpaired) electrons. The van der Waals surface area contributed by atoms with Gasteiger partial charge in [0.15, 0.2) is 0 Å². The zero-order chi connectivity index (χ0) is 12.7. The first-order valence-corrected chi connectivity index (χ1v) is 6.36. The van der Waals surface area contributed by atoms with Gasteiger partial charge in [0.1, 0.15) is 5.69 Å². The molecule has 0 bridgehead atoms. The number of anilines is 1. The van der Waals surface area contributed by atoms with Crippen molar-refractivity contribution in [2.24, 2.45) is 11.8 Å². The van der Waals surface area contributed by atoms with Gasteiger partial charge in [0.25, 0.3) is 0 Å². The standard InChI is InChI=1S/C13H15FN2O2/c14-10-2-1-3-11(13(10)16(17)18)15-12(8-4-5-8)9-6-7-9/h1-3,8-9,12,15H,4-7H2. The molecule has 0 amide bonds. The van der Waals surface area contributed by atoms with Crippen molar-refractivity contribution in [1.82, 2.24) is 0 Å². The zero-order valence-corrected chi connectivity index (χ0v) is 9.93.